The number of hydrogen-bond donors (Lipinski definition) is 1. The molecule has 1 atom stereocenters. The van der Waals surface area contributed by atoms with Crippen LogP contribution in [0.4, 0.5) is 4.39 Å². The molecule has 0 saturated heterocycles. The number of aryl methyl sites for hydroxylation is 1. The van der Waals surface area contributed by atoms with Gasteiger partial charge >= 0.3 is 0 Å². The van der Waals surface area contributed by atoms with Crippen LogP contribution in [0.5, 0.6) is 0 Å². The highest BCUT2D eigenvalue weighted by Gasteiger charge is 2.42. The molecule has 118 valence electrons. The summed E-state index contributed by atoms with van der Waals surface area (Å²) < 4.78 is 13.8. The molecule has 1 aliphatic rings. The van der Waals surface area contributed by atoms with E-state index >= 15 is 0 Å². The first-order chi connectivity index (χ1) is 10.0. The Bertz CT molecular complexity index is 464. The molecule has 0 amide bonds. The maximum Gasteiger partial charge on any atom is 0.123 e. The van der Waals surface area contributed by atoms with E-state index in [-0.39, 0.29) is 17.4 Å². The zero-order valence-corrected chi connectivity index (χ0v) is 13.9. The lowest BCUT2D eigenvalue weighted by atomic mass is 9.72. The van der Waals surface area contributed by atoms with E-state index in [1.54, 1.807) is 12.1 Å². The summed E-state index contributed by atoms with van der Waals surface area (Å²) in [6, 6.07) is 5.38. The van der Waals surface area contributed by atoms with Crippen molar-refractivity contribution in [1.29, 1.82) is 0 Å². The molecule has 0 aliphatic heterocycles. The Morgan fingerprint density at radius 2 is 1.90 bits per heavy atom. The van der Waals surface area contributed by atoms with Gasteiger partial charge < -0.3 is 10.2 Å². The molecule has 1 saturated carbocycles. The van der Waals surface area contributed by atoms with E-state index in [0.29, 0.717) is 0 Å². The zero-order valence-electron chi connectivity index (χ0n) is 13.9. The average molecular weight is 292 g/mol. The van der Waals surface area contributed by atoms with Gasteiger partial charge in [0.15, 0.2) is 0 Å². The molecule has 0 aromatic heterocycles. The van der Waals surface area contributed by atoms with Gasteiger partial charge in [0.1, 0.15) is 5.82 Å². The van der Waals surface area contributed by atoms with E-state index in [2.05, 4.69) is 38.2 Å². The number of benzene rings is 1. The van der Waals surface area contributed by atoms with Crippen molar-refractivity contribution in [3.05, 3.63) is 35.1 Å². The quantitative estimate of drug-likeness (QED) is 0.881. The van der Waals surface area contributed by atoms with Gasteiger partial charge in [-0.25, -0.2) is 4.39 Å². The summed E-state index contributed by atoms with van der Waals surface area (Å²) in [5.74, 6) is -0.136. The molecule has 2 nitrogen and oxygen atoms in total. The molecule has 1 unspecified atom stereocenters. The molecule has 1 fully saturated rings. The molecule has 1 aromatic carbocycles. The highest BCUT2D eigenvalue weighted by atomic mass is 19.1. The van der Waals surface area contributed by atoms with Gasteiger partial charge in [-0.05, 0) is 63.7 Å². The zero-order chi connectivity index (χ0) is 15.5. The molecule has 21 heavy (non-hydrogen) atoms. The van der Waals surface area contributed by atoms with E-state index < -0.39 is 0 Å². The Kier molecular flexibility index (Phi) is 5.39. The molecule has 0 heterocycles. The Hall–Kier alpha value is -0.930. The lowest BCUT2D eigenvalue weighted by Crippen LogP contribution is -2.55. The second-order valence-corrected chi connectivity index (χ2v) is 6.55. The fourth-order valence-corrected chi connectivity index (χ4v) is 3.87. The SMILES string of the molecule is CCNC(c1cc(F)ccc1C)C1(N(C)C)CCCCC1. The predicted octanol–water partition coefficient (Wildman–Crippen LogP) is 4.05. The van der Waals surface area contributed by atoms with Gasteiger partial charge in [-0.1, -0.05) is 32.3 Å². The van der Waals surface area contributed by atoms with Gasteiger partial charge in [-0.15, -0.1) is 0 Å². The summed E-state index contributed by atoms with van der Waals surface area (Å²) >= 11 is 0. The summed E-state index contributed by atoms with van der Waals surface area (Å²) in [5.41, 5.74) is 2.38. The van der Waals surface area contributed by atoms with E-state index in [4.69, 9.17) is 0 Å². The van der Waals surface area contributed by atoms with Crippen molar-refractivity contribution < 1.29 is 4.39 Å². The van der Waals surface area contributed by atoms with Crippen molar-refractivity contribution in [2.75, 3.05) is 20.6 Å². The number of rotatable bonds is 5. The first-order valence-electron chi connectivity index (χ1n) is 8.18. The monoisotopic (exact) mass is 292 g/mol. The lowest BCUT2D eigenvalue weighted by Gasteiger charge is -2.49. The van der Waals surface area contributed by atoms with Gasteiger partial charge in [0.05, 0.1) is 6.04 Å². The highest BCUT2D eigenvalue weighted by Crippen LogP contribution is 2.42. The molecule has 0 bridgehead atoms. The summed E-state index contributed by atoms with van der Waals surface area (Å²) in [6.07, 6.45) is 6.18. The molecule has 2 rings (SSSR count). The third kappa shape index (κ3) is 3.29. The second-order valence-electron chi connectivity index (χ2n) is 6.55. The minimum atomic E-state index is -0.136. The Morgan fingerprint density at radius 1 is 1.24 bits per heavy atom. The van der Waals surface area contributed by atoms with Gasteiger partial charge in [0.2, 0.25) is 0 Å². The second kappa shape index (κ2) is 6.89. The van der Waals surface area contributed by atoms with Crippen molar-refractivity contribution >= 4 is 0 Å². The predicted molar refractivity (Wildman–Crippen MR) is 87.1 cm³/mol. The van der Waals surface area contributed by atoms with Crippen LogP contribution in [0, 0.1) is 12.7 Å². The molecular weight excluding hydrogens is 263 g/mol. The lowest BCUT2D eigenvalue weighted by molar-refractivity contribution is 0.0567. The molecule has 1 aliphatic carbocycles. The first-order valence-corrected chi connectivity index (χ1v) is 8.18. The Labute approximate surface area is 128 Å². The van der Waals surface area contributed by atoms with Gasteiger partial charge in [0, 0.05) is 5.54 Å². The van der Waals surface area contributed by atoms with Gasteiger partial charge in [-0.2, -0.15) is 0 Å². The fourth-order valence-electron chi connectivity index (χ4n) is 3.87. The van der Waals surface area contributed by atoms with Crippen molar-refractivity contribution in [2.45, 2.75) is 57.5 Å². The molecule has 3 heteroatoms. The molecule has 1 N–H and O–H groups in total. The van der Waals surface area contributed by atoms with Gasteiger partial charge in [0.25, 0.3) is 0 Å². The van der Waals surface area contributed by atoms with Crippen molar-refractivity contribution in [3.8, 4) is 0 Å². The molecule has 0 radical (unpaired) electrons. The Balaban J connectivity index is 2.47. The summed E-state index contributed by atoms with van der Waals surface area (Å²) in [7, 11) is 4.34. The minimum Gasteiger partial charge on any atom is -0.309 e. The standard InChI is InChI=1S/C18H29FN2/c1-5-20-17(16-13-15(19)10-9-14(16)2)18(21(3)4)11-7-6-8-12-18/h9-10,13,17,20H,5-8,11-12H2,1-4H3. The van der Waals surface area contributed by atoms with E-state index in [9.17, 15) is 4.39 Å². The van der Waals surface area contributed by atoms with Crippen LogP contribution in [0.3, 0.4) is 0 Å². The normalized spacial score (nSPS) is 19.7. The number of nitrogens with one attached hydrogen (secondary N) is 1. The fraction of sp³-hybridized carbons (Fsp3) is 0.667. The summed E-state index contributed by atoms with van der Waals surface area (Å²) in [6.45, 7) is 5.12. The molecular formula is C18H29FN2. The van der Waals surface area contributed by atoms with Crippen molar-refractivity contribution in [2.24, 2.45) is 0 Å². The third-order valence-corrected chi connectivity index (χ3v) is 5.11. The maximum absolute atomic E-state index is 13.8. The average Bonchev–Trinajstić information content (AvgIpc) is 2.48. The Morgan fingerprint density at radius 3 is 2.48 bits per heavy atom. The number of hydrogen-bond acceptors (Lipinski definition) is 2. The van der Waals surface area contributed by atoms with Crippen LogP contribution in [-0.2, 0) is 0 Å². The van der Waals surface area contributed by atoms with Crippen LogP contribution in [0.15, 0.2) is 18.2 Å². The molecule has 1 aromatic rings. The minimum absolute atomic E-state index is 0.0901. The number of likely N-dealkylation sites (N-methyl/N-ethyl adjacent to an activating group) is 2. The number of halogens is 1. The van der Waals surface area contributed by atoms with Crippen LogP contribution in [0.2, 0.25) is 0 Å². The van der Waals surface area contributed by atoms with E-state index in [1.165, 1.54) is 37.7 Å². The highest BCUT2D eigenvalue weighted by molar-refractivity contribution is 5.32. The van der Waals surface area contributed by atoms with E-state index in [1.807, 2.05) is 6.07 Å². The largest absolute Gasteiger partial charge is 0.309 e. The van der Waals surface area contributed by atoms with Crippen molar-refractivity contribution in [3.63, 3.8) is 0 Å². The third-order valence-electron chi connectivity index (χ3n) is 5.11. The van der Waals surface area contributed by atoms with Gasteiger partial charge in [-0.3, -0.25) is 0 Å². The van der Waals surface area contributed by atoms with Crippen molar-refractivity contribution in [1.82, 2.24) is 10.2 Å². The van der Waals surface area contributed by atoms with Crippen LogP contribution in [0.1, 0.15) is 56.2 Å². The smallest absolute Gasteiger partial charge is 0.123 e. The maximum atomic E-state index is 13.8. The van der Waals surface area contributed by atoms with Crippen LogP contribution >= 0.6 is 0 Å². The van der Waals surface area contributed by atoms with Crippen LogP contribution < -0.4 is 5.32 Å². The first kappa shape index (κ1) is 16.4. The number of nitrogens with zero attached hydrogens (tertiary/aromatic N) is 1. The summed E-state index contributed by atoms with van der Waals surface area (Å²) in [5, 5.41) is 3.65. The summed E-state index contributed by atoms with van der Waals surface area (Å²) in [4.78, 5) is 2.36. The van der Waals surface area contributed by atoms with Crippen LogP contribution in [0.25, 0.3) is 0 Å². The topological polar surface area (TPSA) is 15.3 Å². The van der Waals surface area contributed by atoms with Crippen LogP contribution in [-0.4, -0.2) is 31.1 Å². The van der Waals surface area contributed by atoms with E-state index in [0.717, 1.165) is 12.1 Å². The molecule has 0 spiro atoms.